The summed E-state index contributed by atoms with van der Waals surface area (Å²) >= 11 is 0. The van der Waals surface area contributed by atoms with Crippen LogP contribution in [0.2, 0.25) is 0 Å². The molecule has 1 saturated carbocycles. The lowest BCUT2D eigenvalue weighted by atomic mass is 9.94. The Morgan fingerprint density at radius 3 is 2.48 bits per heavy atom. The highest BCUT2D eigenvalue weighted by Crippen LogP contribution is 2.33. The lowest BCUT2D eigenvalue weighted by Gasteiger charge is -2.32. The molecule has 2 rings (SSSR count). The smallest absolute Gasteiger partial charge is 0.416 e. The second-order valence-electron chi connectivity index (χ2n) is 5.32. The Hall–Kier alpha value is -1.65. The van der Waals surface area contributed by atoms with Crippen LogP contribution in [0.3, 0.4) is 0 Å². The van der Waals surface area contributed by atoms with Crippen LogP contribution < -0.4 is 4.74 Å². The molecule has 1 aromatic carbocycles. The normalized spacial score (nSPS) is 22.7. The molecule has 116 valence electrons. The van der Waals surface area contributed by atoms with E-state index in [0.717, 1.165) is 37.8 Å². The number of rotatable bonds is 4. The summed E-state index contributed by atoms with van der Waals surface area (Å²) < 4.78 is 49.5. The van der Waals surface area contributed by atoms with E-state index in [2.05, 4.69) is 6.58 Å². The van der Waals surface area contributed by atoms with Crippen molar-refractivity contribution in [3.63, 3.8) is 0 Å². The highest BCUT2D eigenvalue weighted by molar-refractivity contribution is 5.30. The number of ether oxygens (including phenoxy) is 2. The van der Waals surface area contributed by atoms with Crippen LogP contribution in [0.25, 0.3) is 0 Å². The summed E-state index contributed by atoms with van der Waals surface area (Å²) in [6.07, 6.45) is -1.13. The van der Waals surface area contributed by atoms with Crippen LogP contribution in [0.15, 0.2) is 36.6 Å². The molecule has 0 radical (unpaired) electrons. The van der Waals surface area contributed by atoms with E-state index in [9.17, 15) is 13.2 Å². The molecule has 1 fully saturated rings. The van der Waals surface area contributed by atoms with Crippen LogP contribution in [0.1, 0.15) is 38.2 Å². The fourth-order valence-corrected chi connectivity index (χ4v) is 2.51. The van der Waals surface area contributed by atoms with Crippen molar-refractivity contribution in [1.82, 2.24) is 0 Å². The topological polar surface area (TPSA) is 18.5 Å². The van der Waals surface area contributed by atoms with E-state index in [0.29, 0.717) is 5.76 Å². The zero-order valence-corrected chi connectivity index (χ0v) is 12.0. The molecule has 0 unspecified atom stereocenters. The van der Waals surface area contributed by atoms with Gasteiger partial charge in [0.1, 0.15) is 18.0 Å². The van der Waals surface area contributed by atoms with E-state index in [1.807, 2.05) is 0 Å². The van der Waals surface area contributed by atoms with Crippen molar-refractivity contribution in [3.8, 4) is 5.75 Å². The predicted octanol–water partition coefficient (Wildman–Crippen LogP) is 4.95. The average molecular weight is 300 g/mol. The van der Waals surface area contributed by atoms with Gasteiger partial charge in [-0.25, -0.2) is 0 Å². The molecule has 0 N–H and O–H groups in total. The highest BCUT2D eigenvalue weighted by atomic mass is 19.4. The molecular weight excluding hydrogens is 281 g/mol. The van der Waals surface area contributed by atoms with Crippen LogP contribution >= 0.6 is 0 Å². The Balaban J connectivity index is 2.10. The molecule has 1 aromatic rings. The number of hydrogen-bond acceptors (Lipinski definition) is 2. The van der Waals surface area contributed by atoms with Gasteiger partial charge in [0.25, 0.3) is 0 Å². The van der Waals surface area contributed by atoms with Gasteiger partial charge in [0.15, 0.2) is 0 Å². The minimum absolute atomic E-state index is 0.147. The largest absolute Gasteiger partial charge is 0.492 e. The third kappa shape index (κ3) is 4.41. The maximum atomic E-state index is 12.7. The molecule has 0 amide bonds. The van der Waals surface area contributed by atoms with Crippen molar-refractivity contribution in [3.05, 3.63) is 42.2 Å². The lowest BCUT2D eigenvalue weighted by molar-refractivity contribution is -0.137. The SMILES string of the molecule is C=C(C)O[C@@H]1CCCC[C@H]1Oc1cccc(C(F)(F)F)c1. The third-order valence-electron chi connectivity index (χ3n) is 3.44. The number of allylic oxidation sites excluding steroid dienone is 1. The first-order valence-electron chi connectivity index (χ1n) is 7.02. The first kappa shape index (κ1) is 15.7. The summed E-state index contributed by atoms with van der Waals surface area (Å²) in [4.78, 5) is 0. The van der Waals surface area contributed by atoms with Crippen molar-refractivity contribution < 1.29 is 22.6 Å². The van der Waals surface area contributed by atoms with Gasteiger partial charge in [-0.15, -0.1) is 0 Å². The summed E-state index contributed by atoms with van der Waals surface area (Å²) in [5.74, 6) is 0.826. The Morgan fingerprint density at radius 1 is 1.19 bits per heavy atom. The maximum Gasteiger partial charge on any atom is 0.416 e. The van der Waals surface area contributed by atoms with Gasteiger partial charge in [0, 0.05) is 0 Å². The molecule has 0 aromatic heterocycles. The zero-order chi connectivity index (χ0) is 15.5. The quantitative estimate of drug-likeness (QED) is 0.733. The second-order valence-corrected chi connectivity index (χ2v) is 5.32. The van der Waals surface area contributed by atoms with Gasteiger partial charge in [0.05, 0.1) is 11.3 Å². The number of hydrogen-bond donors (Lipinski definition) is 0. The van der Waals surface area contributed by atoms with Crippen molar-refractivity contribution in [2.45, 2.75) is 51.0 Å². The van der Waals surface area contributed by atoms with Crippen LogP contribution in [0.5, 0.6) is 5.75 Å². The molecule has 0 aliphatic heterocycles. The Kier molecular flexibility index (Phi) is 4.80. The number of halogens is 3. The van der Waals surface area contributed by atoms with Crippen LogP contribution in [0, 0.1) is 0 Å². The second kappa shape index (κ2) is 6.41. The fraction of sp³-hybridized carbons (Fsp3) is 0.500. The van der Waals surface area contributed by atoms with E-state index < -0.39 is 11.7 Å². The van der Waals surface area contributed by atoms with Crippen LogP contribution in [0.4, 0.5) is 13.2 Å². The average Bonchev–Trinajstić information content (AvgIpc) is 2.40. The van der Waals surface area contributed by atoms with Gasteiger partial charge in [-0.05, 0) is 50.8 Å². The summed E-state index contributed by atoms with van der Waals surface area (Å²) in [6.45, 7) is 5.47. The third-order valence-corrected chi connectivity index (χ3v) is 3.44. The van der Waals surface area contributed by atoms with E-state index in [-0.39, 0.29) is 18.0 Å². The molecule has 1 aliphatic rings. The summed E-state index contributed by atoms with van der Waals surface area (Å²) in [7, 11) is 0. The van der Waals surface area contributed by atoms with Crippen molar-refractivity contribution in [1.29, 1.82) is 0 Å². The standard InChI is InChI=1S/C16H19F3O2/c1-11(2)20-14-8-3-4-9-15(14)21-13-7-5-6-12(10-13)16(17,18)19/h5-7,10,14-15H,1,3-4,8-9H2,2H3/t14-,15-/m1/s1. The number of alkyl halides is 3. The molecule has 0 saturated heterocycles. The van der Waals surface area contributed by atoms with E-state index >= 15 is 0 Å². The molecule has 0 spiro atoms. The zero-order valence-electron chi connectivity index (χ0n) is 12.0. The van der Waals surface area contributed by atoms with Crippen LogP contribution in [-0.2, 0) is 10.9 Å². The number of benzene rings is 1. The molecule has 0 heterocycles. The fourth-order valence-electron chi connectivity index (χ4n) is 2.51. The van der Waals surface area contributed by atoms with Crippen molar-refractivity contribution >= 4 is 0 Å². The van der Waals surface area contributed by atoms with Gasteiger partial charge in [-0.3, -0.25) is 0 Å². The molecule has 0 bridgehead atoms. The van der Waals surface area contributed by atoms with E-state index in [4.69, 9.17) is 9.47 Å². The summed E-state index contributed by atoms with van der Waals surface area (Å²) in [5, 5.41) is 0. The van der Waals surface area contributed by atoms with Crippen molar-refractivity contribution in [2.75, 3.05) is 0 Å². The summed E-state index contributed by atoms with van der Waals surface area (Å²) in [6, 6.07) is 4.97. The first-order chi connectivity index (χ1) is 9.86. The Labute approximate surface area is 122 Å². The van der Waals surface area contributed by atoms with E-state index in [1.54, 1.807) is 13.0 Å². The molecule has 2 nitrogen and oxygen atoms in total. The predicted molar refractivity (Wildman–Crippen MR) is 74.0 cm³/mol. The van der Waals surface area contributed by atoms with E-state index in [1.165, 1.54) is 6.07 Å². The van der Waals surface area contributed by atoms with Gasteiger partial charge in [0.2, 0.25) is 0 Å². The molecule has 2 atom stereocenters. The van der Waals surface area contributed by atoms with Gasteiger partial charge >= 0.3 is 6.18 Å². The monoisotopic (exact) mass is 300 g/mol. The first-order valence-corrected chi connectivity index (χ1v) is 7.02. The molecule has 21 heavy (non-hydrogen) atoms. The highest BCUT2D eigenvalue weighted by Gasteiger charge is 2.32. The molecule has 5 heteroatoms. The minimum atomic E-state index is -4.36. The van der Waals surface area contributed by atoms with Gasteiger partial charge in [-0.1, -0.05) is 12.6 Å². The van der Waals surface area contributed by atoms with Crippen LogP contribution in [-0.4, -0.2) is 12.2 Å². The Bertz CT molecular complexity index is 497. The van der Waals surface area contributed by atoms with Gasteiger partial charge < -0.3 is 9.47 Å². The van der Waals surface area contributed by atoms with Crippen molar-refractivity contribution in [2.24, 2.45) is 0 Å². The lowest BCUT2D eigenvalue weighted by Crippen LogP contribution is -2.36. The molecule has 1 aliphatic carbocycles. The summed E-state index contributed by atoms with van der Waals surface area (Å²) in [5.41, 5.74) is -0.701. The minimum Gasteiger partial charge on any atom is -0.492 e. The maximum absolute atomic E-state index is 12.7. The van der Waals surface area contributed by atoms with Gasteiger partial charge in [-0.2, -0.15) is 13.2 Å². The Morgan fingerprint density at radius 2 is 1.86 bits per heavy atom. The molecular formula is C16H19F3O2.